The van der Waals surface area contributed by atoms with Crippen LogP contribution in [-0.2, 0) is 4.74 Å². The van der Waals surface area contributed by atoms with E-state index in [1.165, 1.54) is 0 Å². The van der Waals surface area contributed by atoms with Gasteiger partial charge in [0, 0.05) is 0 Å². The molecule has 2 N–H and O–H groups in total. The molecule has 4 atom stereocenters. The molecular weight excluding hydrogens is 324 g/mol. The largest absolute Gasteiger partial charge is 0.392 e. The zero-order valence-electron chi connectivity index (χ0n) is 15.5. The lowest BCUT2D eigenvalue weighted by Crippen LogP contribution is -2.42. The molecule has 0 amide bonds. The predicted molar refractivity (Wildman–Crippen MR) is 99.3 cm³/mol. The van der Waals surface area contributed by atoms with Gasteiger partial charge < -0.3 is 14.9 Å². The Balaban J connectivity index is 2.34. The van der Waals surface area contributed by atoms with Crippen LogP contribution in [0.3, 0.4) is 0 Å². The topological polar surface area (TPSA) is 49.7 Å². The van der Waals surface area contributed by atoms with Crippen LogP contribution in [-0.4, -0.2) is 39.0 Å². The molecule has 4 heteroatoms. The fraction of sp³-hybridized carbons (Fsp3) is 0.800. The molecule has 0 saturated carbocycles. The van der Waals surface area contributed by atoms with E-state index in [-0.39, 0.29) is 23.2 Å². The summed E-state index contributed by atoms with van der Waals surface area (Å²) in [5.74, 6) is 0.312. The SMILES string of the molecule is CC(C)[C@]12/C=C/[C@](C)(O)CC/C=C(\CO)CC[C@H](Cl)[C@](C)(CC1)O2. The highest BCUT2D eigenvalue weighted by Gasteiger charge is 2.50. The minimum atomic E-state index is -0.879. The molecule has 2 rings (SSSR count). The molecule has 0 unspecified atom stereocenters. The quantitative estimate of drug-likeness (QED) is 0.571. The summed E-state index contributed by atoms with van der Waals surface area (Å²) in [6, 6.07) is 0. The lowest BCUT2D eigenvalue weighted by molar-refractivity contribution is -0.0932. The first-order valence-electron chi connectivity index (χ1n) is 9.18. The van der Waals surface area contributed by atoms with Crippen molar-refractivity contribution in [2.45, 2.75) is 88.4 Å². The molecule has 1 saturated heterocycles. The standard InChI is InChI=1S/C20H33ClO3/c1-15(2)20-12-10-18(3,23)9-5-6-16(14-22)7-8-17(21)19(4,24-20)11-13-20/h6,10,12,15,17,22-23H,5,7-9,11,13-14H2,1-4H3/b12-10+,16-6-/t17-,18+,19-,20-/m0/s1. The Hall–Kier alpha value is -0.350. The summed E-state index contributed by atoms with van der Waals surface area (Å²) >= 11 is 6.73. The number of rotatable bonds is 2. The minimum absolute atomic E-state index is 0.0507. The van der Waals surface area contributed by atoms with Gasteiger partial charge in [-0.3, -0.25) is 0 Å². The number of ether oxygens (including phenoxy) is 1. The van der Waals surface area contributed by atoms with Gasteiger partial charge in [-0.05, 0) is 63.9 Å². The monoisotopic (exact) mass is 356 g/mol. The van der Waals surface area contributed by atoms with E-state index in [1.54, 1.807) is 0 Å². The van der Waals surface area contributed by atoms with Gasteiger partial charge in [-0.15, -0.1) is 11.6 Å². The number of aliphatic hydroxyl groups excluding tert-OH is 1. The van der Waals surface area contributed by atoms with Gasteiger partial charge in [0.15, 0.2) is 0 Å². The summed E-state index contributed by atoms with van der Waals surface area (Å²) in [4.78, 5) is 0. The minimum Gasteiger partial charge on any atom is -0.392 e. The number of hydrogen-bond acceptors (Lipinski definition) is 3. The Morgan fingerprint density at radius 2 is 1.96 bits per heavy atom. The molecule has 0 aromatic rings. The van der Waals surface area contributed by atoms with Crippen LogP contribution in [0.2, 0.25) is 0 Å². The molecule has 24 heavy (non-hydrogen) atoms. The molecule has 0 spiro atoms. The Kier molecular flexibility index (Phi) is 6.23. The number of allylic oxidation sites excluding steroid dienone is 1. The molecule has 0 aliphatic carbocycles. The summed E-state index contributed by atoms with van der Waals surface area (Å²) in [5.41, 5.74) is -0.629. The number of aliphatic hydroxyl groups is 2. The molecule has 1 fully saturated rings. The third-order valence-corrected chi connectivity index (χ3v) is 6.49. The van der Waals surface area contributed by atoms with Crippen LogP contribution < -0.4 is 0 Å². The third kappa shape index (κ3) is 4.43. The van der Waals surface area contributed by atoms with Crippen molar-refractivity contribution in [3.63, 3.8) is 0 Å². The highest BCUT2D eigenvalue weighted by molar-refractivity contribution is 6.21. The fourth-order valence-electron chi connectivity index (χ4n) is 3.75. The molecule has 0 aromatic carbocycles. The van der Waals surface area contributed by atoms with Crippen LogP contribution in [0.4, 0.5) is 0 Å². The average molecular weight is 357 g/mol. The van der Waals surface area contributed by atoms with E-state index in [4.69, 9.17) is 16.3 Å². The van der Waals surface area contributed by atoms with Gasteiger partial charge in [0.2, 0.25) is 0 Å². The number of alkyl halides is 1. The highest BCUT2D eigenvalue weighted by Crippen LogP contribution is 2.47. The molecule has 0 aromatic heterocycles. The molecule has 3 nitrogen and oxygen atoms in total. The second-order valence-corrected chi connectivity index (χ2v) is 8.81. The van der Waals surface area contributed by atoms with Gasteiger partial charge >= 0.3 is 0 Å². The van der Waals surface area contributed by atoms with Crippen molar-refractivity contribution in [3.05, 3.63) is 23.8 Å². The average Bonchev–Trinajstić information content (AvgIpc) is 2.88. The normalized spacial score (nSPS) is 45.0. The second kappa shape index (κ2) is 7.49. The summed E-state index contributed by atoms with van der Waals surface area (Å²) < 4.78 is 6.57. The van der Waals surface area contributed by atoms with E-state index < -0.39 is 5.60 Å². The Labute approximate surface area is 151 Å². The van der Waals surface area contributed by atoms with E-state index in [0.29, 0.717) is 12.3 Å². The van der Waals surface area contributed by atoms with Crippen LogP contribution in [0.15, 0.2) is 23.8 Å². The Morgan fingerprint density at radius 3 is 2.58 bits per heavy atom. The summed E-state index contributed by atoms with van der Waals surface area (Å²) in [6.45, 7) is 8.31. The Bertz CT molecular complexity index is 497. The molecular formula is C20H33ClO3. The summed E-state index contributed by atoms with van der Waals surface area (Å²) in [6.07, 6.45) is 10.8. The van der Waals surface area contributed by atoms with Crippen molar-refractivity contribution in [1.29, 1.82) is 0 Å². The van der Waals surface area contributed by atoms with Gasteiger partial charge in [-0.25, -0.2) is 0 Å². The van der Waals surface area contributed by atoms with E-state index in [2.05, 4.69) is 26.8 Å². The molecule has 2 aliphatic heterocycles. The molecule has 2 aliphatic rings. The van der Waals surface area contributed by atoms with Crippen molar-refractivity contribution in [2.24, 2.45) is 5.92 Å². The molecule has 0 radical (unpaired) electrons. The van der Waals surface area contributed by atoms with Crippen molar-refractivity contribution in [1.82, 2.24) is 0 Å². The third-order valence-electron chi connectivity index (χ3n) is 5.81. The lowest BCUT2D eigenvalue weighted by Gasteiger charge is -2.37. The fourth-order valence-corrected chi connectivity index (χ4v) is 4.01. The predicted octanol–water partition coefficient (Wildman–Crippen LogP) is 4.36. The molecule has 138 valence electrons. The first kappa shape index (κ1) is 20.0. The number of fused-ring (bicyclic) bond motifs is 2. The molecule has 2 heterocycles. The van der Waals surface area contributed by atoms with E-state index >= 15 is 0 Å². The van der Waals surface area contributed by atoms with Crippen molar-refractivity contribution < 1.29 is 14.9 Å². The van der Waals surface area contributed by atoms with Crippen molar-refractivity contribution >= 4 is 11.6 Å². The highest BCUT2D eigenvalue weighted by atomic mass is 35.5. The zero-order valence-corrected chi connectivity index (χ0v) is 16.3. The maximum atomic E-state index is 10.7. The lowest BCUT2D eigenvalue weighted by atomic mass is 9.84. The maximum Gasteiger partial charge on any atom is 0.0895 e. The van der Waals surface area contributed by atoms with Crippen LogP contribution in [0.5, 0.6) is 0 Å². The number of hydrogen-bond donors (Lipinski definition) is 2. The number of halogens is 1. The van der Waals surface area contributed by atoms with Gasteiger partial charge in [-0.2, -0.15) is 0 Å². The zero-order chi connectivity index (χ0) is 18.0. The smallest absolute Gasteiger partial charge is 0.0895 e. The molecule has 2 bridgehead atoms. The van der Waals surface area contributed by atoms with Crippen molar-refractivity contribution in [3.8, 4) is 0 Å². The summed E-state index contributed by atoms with van der Waals surface area (Å²) in [5, 5.41) is 20.1. The Morgan fingerprint density at radius 1 is 1.25 bits per heavy atom. The van der Waals surface area contributed by atoms with Gasteiger partial charge in [0.25, 0.3) is 0 Å². The van der Waals surface area contributed by atoms with E-state index in [9.17, 15) is 10.2 Å². The maximum absolute atomic E-state index is 10.7. The van der Waals surface area contributed by atoms with Gasteiger partial charge in [-0.1, -0.05) is 32.1 Å². The van der Waals surface area contributed by atoms with Crippen LogP contribution in [0.1, 0.15) is 66.2 Å². The summed E-state index contributed by atoms with van der Waals surface area (Å²) in [7, 11) is 0. The van der Waals surface area contributed by atoms with Crippen LogP contribution >= 0.6 is 11.6 Å². The van der Waals surface area contributed by atoms with Gasteiger partial charge in [0.05, 0.1) is 28.8 Å². The van der Waals surface area contributed by atoms with Crippen molar-refractivity contribution in [2.75, 3.05) is 6.61 Å². The van der Waals surface area contributed by atoms with Crippen LogP contribution in [0, 0.1) is 5.92 Å². The van der Waals surface area contributed by atoms with Crippen LogP contribution in [0.25, 0.3) is 0 Å². The first-order valence-corrected chi connectivity index (χ1v) is 9.62. The van der Waals surface area contributed by atoms with E-state index in [1.807, 2.05) is 19.1 Å². The first-order chi connectivity index (χ1) is 11.1. The van der Waals surface area contributed by atoms with Gasteiger partial charge in [0.1, 0.15) is 0 Å². The van der Waals surface area contributed by atoms with E-state index in [0.717, 1.165) is 37.7 Å². The second-order valence-electron chi connectivity index (χ2n) is 8.28.